The van der Waals surface area contributed by atoms with E-state index >= 15 is 0 Å². The van der Waals surface area contributed by atoms with E-state index < -0.39 is 5.82 Å². The molecule has 4 N–H and O–H groups in total. The van der Waals surface area contributed by atoms with Gasteiger partial charge in [-0.2, -0.15) is 9.97 Å². The molecular weight excluding hydrogens is 257 g/mol. The lowest BCUT2D eigenvalue weighted by Crippen LogP contribution is -2.03. The number of nitrogens with two attached hydrogens (primary N) is 1. The largest absolute Gasteiger partial charge is 0.373 e. The number of hydrogen-bond donors (Lipinski definition) is 3. The summed E-state index contributed by atoms with van der Waals surface area (Å²) in [7, 11) is 1.71. The van der Waals surface area contributed by atoms with E-state index in [0.717, 1.165) is 0 Å². The number of hydrogen-bond acceptors (Lipinski definition) is 5. The number of aromatic nitrogens is 2. The summed E-state index contributed by atoms with van der Waals surface area (Å²) in [4.78, 5) is 7.92. The second kappa shape index (κ2) is 5.05. The van der Waals surface area contributed by atoms with Gasteiger partial charge in [0.05, 0.1) is 10.7 Å². The predicted molar refractivity (Wildman–Crippen MR) is 70.7 cm³/mol. The average molecular weight is 268 g/mol. The fourth-order valence-electron chi connectivity index (χ4n) is 1.39. The molecule has 0 bridgehead atoms. The third-order valence-corrected chi connectivity index (χ3v) is 2.52. The highest BCUT2D eigenvalue weighted by molar-refractivity contribution is 6.33. The van der Waals surface area contributed by atoms with Gasteiger partial charge in [0.25, 0.3) is 0 Å². The minimum atomic E-state index is -0.391. The Balaban J connectivity index is 2.33. The van der Waals surface area contributed by atoms with Crippen LogP contribution in [-0.4, -0.2) is 17.0 Å². The van der Waals surface area contributed by atoms with E-state index in [9.17, 15) is 4.39 Å². The minimum Gasteiger partial charge on any atom is -0.373 e. The zero-order valence-corrected chi connectivity index (χ0v) is 10.3. The molecule has 1 aromatic heterocycles. The highest BCUT2D eigenvalue weighted by Gasteiger charge is 2.05. The van der Waals surface area contributed by atoms with Crippen molar-refractivity contribution in [2.45, 2.75) is 0 Å². The van der Waals surface area contributed by atoms with Crippen molar-refractivity contribution in [1.82, 2.24) is 9.97 Å². The molecule has 0 amide bonds. The molecule has 2 rings (SSSR count). The summed E-state index contributed by atoms with van der Waals surface area (Å²) in [5.74, 6) is 0.700. The van der Waals surface area contributed by atoms with E-state index in [1.54, 1.807) is 13.1 Å². The second-order valence-electron chi connectivity index (χ2n) is 3.50. The van der Waals surface area contributed by atoms with Crippen LogP contribution in [0.4, 0.5) is 27.7 Å². The Morgan fingerprint density at radius 2 is 1.94 bits per heavy atom. The summed E-state index contributed by atoms with van der Waals surface area (Å²) in [5, 5.41) is 6.12. The van der Waals surface area contributed by atoms with Crippen LogP contribution in [0.15, 0.2) is 24.3 Å². The van der Waals surface area contributed by atoms with Gasteiger partial charge in [-0.25, -0.2) is 4.39 Å². The molecule has 0 fully saturated rings. The van der Waals surface area contributed by atoms with Crippen molar-refractivity contribution in [3.05, 3.63) is 35.1 Å². The fourth-order valence-corrected chi connectivity index (χ4v) is 1.55. The minimum absolute atomic E-state index is 0.108. The first-order valence-electron chi connectivity index (χ1n) is 5.13. The summed E-state index contributed by atoms with van der Waals surface area (Å²) < 4.78 is 13.1. The van der Waals surface area contributed by atoms with Gasteiger partial charge in [-0.1, -0.05) is 11.6 Å². The first-order chi connectivity index (χ1) is 8.58. The van der Waals surface area contributed by atoms with Crippen LogP contribution in [0.5, 0.6) is 0 Å². The lowest BCUT2D eigenvalue weighted by atomic mass is 10.3. The van der Waals surface area contributed by atoms with Crippen LogP contribution in [0.2, 0.25) is 5.02 Å². The van der Waals surface area contributed by atoms with E-state index in [1.165, 1.54) is 18.2 Å². The van der Waals surface area contributed by atoms with E-state index in [0.29, 0.717) is 22.3 Å². The molecular formula is C11H11ClFN5. The molecule has 1 aromatic carbocycles. The number of benzene rings is 1. The van der Waals surface area contributed by atoms with Crippen LogP contribution in [0.3, 0.4) is 0 Å². The van der Waals surface area contributed by atoms with Crippen LogP contribution < -0.4 is 16.4 Å². The van der Waals surface area contributed by atoms with Crippen LogP contribution in [0.25, 0.3) is 0 Å². The van der Waals surface area contributed by atoms with Gasteiger partial charge in [0.15, 0.2) is 0 Å². The van der Waals surface area contributed by atoms with Gasteiger partial charge in [-0.05, 0) is 18.2 Å². The molecule has 1 heterocycles. The molecule has 0 aliphatic carbocycles. The van der Waals surface area contributed by atoms with E-state index in [1.807, 2.05) is 0 Å². The summed E-state index contributed by atoms with van der Waals surface area (Å²) in [6, 6.07) is 5.65. The van der Waals surface area contributed by atoms with Crippen molar-refractivity contribution in [1.29, 1.82) is 0 Å². The van der Waals surface area contributed by atoms with Gasteiger partial charge in [-0.15, -0.1) is 0 Å². The van der Waals surface area contributed by atoms with Gasteiger partial charge < -0.3 is 16.4 Å². The van der Waals surface area contributed by atoms with Crippen molar-refractivity contribution in [2.75, 3.05) is 23.4 Å². The zero-order chi connectivity index (χ0) is 13.1. The summed E-state index contributed by atoms with van der Waals surface area (Å²) >= 11 is 5.94. The molecule has 94 valence electrons. The molecule has 0 unspecified atom stereocenters. The van der Waals surface area contributed by atoms with Crippen molar-refractivity contribution < 1.29 is 4.39 Å². The average Bonchev–Trinajstić information content (AvgIpc) is 2.33. The number of rotatable bonds is 3. The van der Waals surface area contributed by atoms with Gasteiger partial charge in [0, 0.05) is 13.1 Å². The molecule has 0 aliphatic heterocycles. The highest BCUT2D eigenvalue weighted by atomic mass is 35.5. The molecule has 18 heavy (non-hydrogen) atoms. The monoisotopic (exact) mass is 267 g/mol. The third kappa shape index (κ3) is 2.78. The maximum atomic E-state index is 13.1. The van der Waals surface area contributed by atoms with E-state index in [-0.39, 0.29) is 5.95 Å². The van der Waals surface area contributed by atoms with Gasteiger partial charge in [0.2, 0.25) is 5.95 Å². The molecule has 0 radical (unpaired) electrons. The van der Waals surface area contributed by atoms with Crippen LogP contribution in [-0.2, 0) is 0 Å². The Morgan fingerprint density at radius 3 is 2.67 bits per heavy atom. The summed E-state index contributed by atoms with van der Waals surface area (Å²) in [5.41, 5.74) is 5.96. The highest BCUT2D eigenvalue weighted by Crippen LogP contribution is 2.26. The Hall–Kier alpha value is -2.08. The standard InChI is InChI=1S/C11H11ClFN5/c1-15-9-5-10(18-11(14)17-9)16-8-4-6(13)2-3-7(8)12/h2-5H,1H3,(H4,14,15,16,17,18). The van der Waals surface area contributed by atoms with Crippen molar-refractivity contribution in [3.63, 3.8) is 0 Å². The van der Waals surface area contributed by atoms with Gasteiger partial charge in [0.1, 0.15) is 17.5 Å². The molecule has 5 nitrogen and oxygen atoms in total. The van der Waals surface area contributed by atoms with Crippen molar-refractivity contribution in [3.8, 4) is 0 Å². The van der Waals surface area contributed by atoms with E-state index in [4.69, 9.17) is 17.3 Å². The van der Waals surface area contributed by atoms with E-state index in [2.05, 4.69) is 20.6 Å². The summed E-state index contributed by atoms with van der Waals surface area (Å²) in [6.45, 7) is 0. The normalized spacial score (nSPS) is 10.2. The van der Waals surface area contributed by atoms with Crippen LogP contribution >= 0.6 is 11.6 Å². The lowest BCUT2D eigenvalue weighted by Gasteiger charge is -2.09. The van der Waals surface area contributed by atoms with Crippen LogP contribution in [0, 0.1) is 5.82 Å². The number of nitrogens with one attached hydrogen (secondary N) is 2. The molecule has 0 aliphatic rings. The maximum Gasteiger partial charge on any atom is 0.223 e. The fraction of sp³-hybridized carbons (Fsp3) is 0.0909. The Labute approximate surface area is 108 Å². The third-order valence-electron chi connectivity index (χ3n) is 2.19. The topological polar surface area (TPSA) is 75.9 Å². The molecule has 2 aromatic rings. The number of anilines is 4. The smallest absolute Gasteiger partial charge is 0.223 e. The Morgan fingerprint density at radius 1 is 1.22 bits per heavy atom. The first-order valence-corrected chi connectivity index (χ1v) is 5.50. The Kier molecular flexibility index (Phi) is 3.47. The Bertz CT molecular complexity index is 575. The number of halogens is 2. The van der Waals surface area contributed by atoms with Gasteiger partial charge in [-0.3, -0.25) is 0 Å². The lowest BCUT2D eigenvalue weighted by molar-refractivity contribution is 0.628. The van der Waals surface area contributed by atoms with Crippen LogP contribution in [0.1, 0.15) is 0 Å². The number of nitrogen functional groups attached to an aromatic ring is 1. The SMILES string of the molecule is CNc1cc(Nc2cc(F)ccc2Cl)nc(N)n1. The predicted octanol–water partition coefficient (Wildman–Crippen LogP) is 2.64. The molecule has 7 heteroatoms. The maximum absolute atomic E-state index is 13.1. The van der Waals surface area contributed by atoms with Crippen molar-refractivity contribution >= 4 is 34.9 Å². The molecule has 0 atom stereocenters. The van der Waals surface area contributed by atoms with Gasteiger partial charge >= 0.3 is 0 Å². The first kappa shape index (κ1) is 12.4. The molecule has 0 spiro atoms. The molecule has 0 saturated carbocycles. The number of nitrogens with zero attached hydrogens (tertiary/aromatic N) is 2. The van der Waals surface area contributed by atoms with Crippen molar-refractivity contribution in [2.24, 2.45) is 0 Å². The quantitative estimate of drug-likeness (QED) is 0.797. The molecule has 0 saturated heterocycles. The second-order valence-corrected chi connectivity index (χ2v) is 3.90. The zero-order valence-electron chi connectivity index (χ0n) is 9.54. The summed E-state index contributed by atoms with van der Waals surface area (Å²) in [6.07, 6.45) is 0.